The Kier molecular flexibility index (Phi) is 6.85. The van der Waals surface area contributed by atoms with Gasteiger partial charge in [-0.05, 0) is 75.6 Å². The van der Waals surface area contributed by atoms with E-state index >= 15 is 0 Å². The second kappa shape index (κ2) is 10.0. The lowest BCUT2D eigenvalue weighted by molar-refractivity contribution is 0.0387. The van der Waals surface area contributed by atoms with E-state index in [4.69, 9.17) is 4.98 Å². The molecule has 2 saturated heterocycles. The summed E-state index contributed by atoms with van der Waals surface area (Å²) in [4.78, 5) is 35.2. The van der Waals surface area contributed by atoms with Gasteiger partial charge in [-0.25, -0.2) is 8.78 Å². The number of benzene rings is 1. The van der Waals surface area contributed by atoms with Crippen molar-refractivity contribution >= 4 is 11.8 Å². The second-order valence-electron chi connectivity index (χ2n) is 10.3. The van der Waals surface area contributed by atoms with Gasteiger partial charge in [0.1, 0.15) is 11.6 Å². The lowest BCUT2D eigenvalue weighted by Crippen LogP contribution is -2.50. The van der Waals surface area contributed by atoms with Gasteiger partial charge >= 0.3 is 0 Å². The maximum absolute atomic E-state index is 14.1. The second-order valence-corrected chi connectivity index (χ2v) is 10.3. The third-order valence-electron chi connectivity index (χ3n) is 8.13. The highest BCUT2D eigenvalue weighted by Gasteiger charge is 2.38. The maximum Gasteiger partial charge on any atom is 0.256 e. The van der Waals surface area contributed by atoms with E-state index in [2.05, 4.69) is 4.90 Å². The van der Waals surface area contributed by atoms with Gasteiger partial charge in [0.15, 0.2) is 0 Å². The number of fused-ring (bicyclic) bond motifs is 1. The number of piperidine rings is 2. The quantitative estimate of drug-likeness (QED) is 0.583. The summed E-state index contributed by atoms with van der Waals surface area (Å²) in [5.41, 5.74) is 2.28. The van der Waals surface area contributed by atoms with Crippen molar-refractivity contribution in [2.75, 3.05) is 19.6 Å². The molecule has 0 radical (unpaired) electrons. The van der Waals surface area contributed by atoms with Crippen LogP contribution in [-0.2, 0) is 0 Å². The van der Waals surface area contributed by atoms with Crippen molar-refractivity contribution < 1.29 is 18.4 Å². The summed E-state index contributed by atoms with van der Waals surface area (Å²) < 4.78 is 27.4. The number of pyridine rings is 1. The van der Waals surface area contributed by atoms with Gasteiger partial charge in [0.2, 0.25) is 0 Å². The molecule has 2 aliphatic heterocycles. The van der Waals surface area contributed by atoms with Crippen LogP contribution in [0.25, 0.3) is 0 Å². The fraction of sp³-hybridized carbons (Fsp3) is 0.536. The summed E-state index contributed by atoms with van der Waals surface area (Å²) in [6.07, 6.45) is 8.33. The van der Waals surface area contributed by atoms with Gasteiger partial charge in [-0.15, -0.1) is 0 Å². The van der Waals surface area contributed by atoms with E-state index < -0.39 is 17.5 Å². The minimum absolute atomic E-state index is 0.0582. The highest BCUT2D eigenvalue weighted by atomic mass is 19.1. The molecule has 35 heavy (non-hydrogen) atoms. The summed E-state index contributed by atoms with van der Waals surface area (Å²) in [6, 6.07) is 7.23. The van der Waals surface area contributed by atoms with Crippen LogP contribution in [0, 0.1) is 24.5 Å². The van der Waals surface area contributed by atoms with Crippen LogP contribution < -0.4 is 0 Å². The van der Waals surface area contributed by atoms with Gasteiger partial charge in [0.25, 0.3) is 11.8 Å². The number of likely N-dealkylation sites (tertiary alicyclic amines) is 2. The van der Waals surface area contributed by atoms with E-state index in [9.17, 15) is 18.4 Å². The normalized spacial score (nSPS) is 23.2. The molecule has 3 aliphatic rings. The number of aryl methyl sites for hydroxylation is 1. The lowest BCUT2D eigenvalue weighted by Gasteiger charge is -2.44. The van der Waals surface area contributed by atoms with E-state index in [0.717, 1.165) is 42.9 Å². The number of aromatic nitrogens is 1. The predicted molar refractivity (Wildman–Crippen MR) is 129 cm³/mol. The molecule has 0 unspecified atom stereocenters. The molecule has 5 rings (SSSR count). The zero-order valence-corrected chi connectivity index (χ0v) is 20.3. The standard InChI is InChI=1S/C28H33F2N3O2/c1-18-8-10-23(28(35)33-14-4-6-19-5-2-3-7-25(19)33)26(31-18)20-12-15-32(16-13-20)27(34)22-11-9-21(29)17-24(22)30/h8-11,17,19-20,25H,2-7,12-16H2,1H3/t19-,25-/m1/s1. The molecule has 0 spiro atoms. The monoisotopic (exact) mass is 481 g/mol. The SMILES string of the molecule is Cc1ccc(C(=O)N2CCC[C@H]3CCCC[C@H]32)c(C2CCN(C(=O)c3ccc(F)cc3F)CC2)n1. The zero-order valence-electron chi connectivity index (χ0n) is 20.3. The van der Waals surface area contributed by atoms with E-state index in [1.807, 2.05) is 19.1 Å². The number of amides is 2. The van der Waals surface area contributed by atoms with E-state index in [1.54, 1.807) is 4.90 Å². The predicted octanol–water partition coefficient (Wildman–Crippen LogP) is 5.48. The van der Waals surface area contributed by atoms with Crippen LogP contribution in [0.4, 0.5) is 8.78 Å². The number of rotatable bonds is 3. The fourth-order valence-electron chi connectivity index (χ4n) is 6.29. The fourth-order valence-corrected chi connectivity index (χ4v) is 6.29. The maximum atomic E-state index is 14.1. The third-order valence-corrected chi connectivity index (χ3v) is 8.13. The molecule has 3 heterocycles. The molecular weight excluding hydrogens is 448 g/mol. The van der Waals surface area contributed by atoms with Gasteiger partial charge in [-0.1, -0.05) is 12.8 Å². The minimum Gasteiger partial charge on any atom is -0.339 e. The molecule has 0 N–H and O–H groups in total. The van der Waals surface area contributed by atoms with Crippen molar-refractivity contribution in [1.82, 2.24) is 14.8 Å². The number of halogens is 2. The van der Waals surface area contributed by atoms with Gasteiger partial charge in [0, 0.05) is 43.4 Å². The Hall–Kier alpha value is -2.83. The molecule has 3 fully saturated rings. The molecule has 1 saturated carbocycles. The van der Waals surface area contributed by atoms with Crippen molar-refractivity contribution in [1.29, 1.82) is 0 Å². The molecule has 1 aromatic heterocycles. The molecule has 2 atom stereocenters. The first-order valence-corrected chi connectivity index (χ1v) is 12.9. The van der Waals surface area contributed by atoms with Crippen LogP contribution in [-0.4, -0.2) is 52.3 Å². The van der Waals surface area contributed by atoms with Crippen LogP contribution in [0.3, 0.4) is 0 Å². The summed E-state index contributed by atoms with van der Waals surface area (Å²) in [7, 11) is 0. The zero-order chi connectivity index (χ0) is 24.5. The topological polar surface area (TPSA) is 53.5 Å². The van der Waals surface area contributed by atoms with Crippen LogP contribution in [0.2, 0.25) is 0 Å². The molecule has 186 valence electrons. The average Bonchev–Trinajstić information content (AvgIpc) is 2.87. The van der Waals surface area contributed by atoms with Crippen LogP contribution >= 0.6 is 0 Å². The summed E-state index contributed by atoms with van der Waals surface area (Å²) in [5, 5.41) is 0. The molecule has 2 amide bonds. The Morgan fingerprint density at radius 3 is 2.34 bits per heavy atom. The Morgan fingerprint density at radius 1 is 0.857 bits per heavy atom. The first-order chi connectivity index (χ1) is 16.9. The number of hydrogen-bond acceptors (Lipinski definition) is 3. The largest absolute Gasteiger partial charge is 0.339 e. The number of nitrogens with zero attached hydrogens (tertiary/aromatic N) is 3. The molecular formula is C28H33F2N3O2. The van der Waals surface area contributed by atoms with Crippen molar-refractivity contribution in [3.8, 4) is 0 Å². The molecule has 5 nitrogen and oxygen atoms in total. The smallest absolute Gasteiger partial charge is 0.256 e. The Bertz CT molecular complexity index is 1110. The molecule has 2 aromatic rings. The highest BCUT2D eigenvalue weighted by molar-refractivity contribution is 5.96. The third kappa shape index (κ3) is 4.82. The Balaban J connectivity index is 1.32. The van der Waals surface area contributed by atoms with Gasteiger partial charge < -0.3 is 9.80 Å². The van der Waals surface area contributed by atoms with Crippen LogP contribution in [0.1, 0.15) is 89.4 Å². The van der Waals surface area contributed by atoms with E-state index in [1.165, 1.54) is 31.7 Å². The molecule has 1 aliphatic carbocycles. The van der Waals surface area contributed by atoms with Crippen LogP contribution in [0.5, 0.6) is 0 Å². The first-order valence-electron chi connectivity index (χ1n) is 12.9. The van der Waals surface area contributed by atoms with Crippen molar-refractivity contribution in [3.63, 3.8) is 0 Å². The summed E-state index contributed by atoms with van der Waals surface area (Å²) in [6.45, 7) is 3.63. The van der Waals surface area contributed by atoms with Crippen molar-refractivity contribution in [3.05, 3.63) is 64.5 Å². The Labute approximate surface area is 205 Å². The number of carbonyl (C=O) groups excluding carboxylic acids is 2. The molecule has 7 heteroatoms. The van der Waals surface area contributed by atoms with Gasteiger partial charge in [0.05, 0.1) is 16.8 Å². The van der Waals surface area contributed by atoms with Crippen molar-refractivity contribution in [2.24, 2.45) is 5.92 Å². The Morgan fingerprint density at radius 2 is 1.57 bits per heavy atom. The van der Waals surface area contributed by atoms with Gasteiger partial charge in [-0.3, -0.25) is 14.6 Å². The first kappa shape index (κ1) is 23.9. The molecule has 1 aromatic carbocycles. The van der Waals surface area contributed by atoms with Gasteiger partial charge in [-0.2, -0.15) is 0 Å². The van der Waals surface area contributed by atoms with E-state index in [-0.39, 0.29) is 17.4 Å². The van der Waals surface area contributed by atoms with Crippen LogP contribution in [0.15, 0.2) is 30.3 Å². The minimum atomic E-state index is -0.840. The molecule has 0 bridgehead atoms. The van der Waals surface area contributed by atoms with E-state index in [0.29, 0.717) is 43.5 Å². The van der Waals surface area contributed by atoms with Crippen molar-refractivity contribution in [2.45, 2.75) is 70.3 Å². The number of carbonyl (C=O) groups is 2. The number of hydrogen-bond donors (Lipinski definition) is 0. The average molecular weight is 482 g/mol. The summed E-state index contributed by atoms with van der Waals surface area (Å²) >= 11 is 0. The highest BCUT2D eigenvalue weighted by Crippen LogP contribution is 2.37. The summed E-state index contributed by atoms with van der Waals surface area (Å²) in [5.74, 6) is -1.20. The lowest BCUT2D eigenvalue weighted by atomic mass is 9.78.